The zero-order valence-corrected chi connectivity index (χ0v) is 13.4. The van der Waals surface area contributed by atoms with E-state index in [1.165, 1.54) is 16.9 Å². The van der Waals surface area contributed by atoms with E-state index in [2.05, 4.69) is 10.1 Å². The number of rotatable bonds is 6. The molecule has 1 N–H and O–H groups in total. The number of methoxy groups -OCH3 is 1. The van der Waals surface area contributed by atoms with Crippen molar-refractivity contribution in [3.8, 4) is 0 Å². The van der Waals surface area contributed by atoms with Crippen molar-refractivity contribution in [2.75, 3.05) is 20.2 Å². The maximum Gasteiger partial charge on any atom is 0.308 e. The van der Waals surface area contributed by atoms with Gasteiger partial charge in [-0.25, -0.2) is 0 Å². The fraction of sp³-hybridized carbons (Fsp3) is 0.533. The number of carbonyl (C=O) groups excluding carboxylic acids is 3. The van der Waals surface area contributed by atoms with Gasteiger partial charge in [0.05, 0.1) is 13.5 Å². The van der Waals surface area contributed by atoms with Gasteiger partial charge in [0.2, 0.25) is 11.8 Å². The molecule has 1 atom stereocenters. The third kappa shape index (κ3) is 4.30. The molecule has 2 heterocycles. The summed E-state index contributed by atoms with van der Waals surface area (Å²) in [6, 6.07) is 3.28. The third-order valence-corrected chi connectivity index (χ3v) is 4.57. The highest BCUT2D eigenvalue weighted by molar-refractivity contribution is 7.09. The molecule has 0 spiro atoms. The Labute approximate surface area is 133 Å². The minimum atomic E-state index is -0.754. The molecular formula is C15H20N2O4S. The monoisotopic (exact) mass is 324 g/mol. The Morgan fingerprint density at radius 3 is 3.00 bits per heavy atom. The van der Waals surface area contributed by atoms with Gasteiger partial charge in [0.15, 0.2) is 0 Å². The standard InChI is InChI=1S/C15H20N2O4S/c1-21-14(19)10-12-15(20)16-7-8-17(12)13(18)6-2-4-11-5-3-9-22-11/h3,5,9,12H,2,4,6-8,10H2,1H3,(H,16,20)/t12-/m1/s1. The van der Waals surface area contributed by atoms with Gasteiger partial charge in [-0.05, 0) is 24.3 Å². The van der Waals surface area contributed by atoms with Gasteiger partial charge in [-0.15, -0.1) is 11.3 Å². The number of thiophene rings is 1. The molecule has 0 aromatic carbocycles. The summed E-state index contributed by atoms with van der Waals surface area (Å²) in [5.41, 5.74) is 0. The molecule has 0 aliphatic carbocycles. The number of nitrogens with zero attached hydrogens (tertiary/aromatic N) is 1. The highest BCUT2D eigenvalue weighted by Crippen LogP contribution is 2.15. The molecule has 1 aliphatic heterocycles. The number of nitrogens with one attached hydrogen (secondary N) is 1. The molecule has 2 amide bonds. The minimum absolute atomic E-state index is 0.0830. The summed E-state index contributed by atoms with van der Waals surface area (Å²) in [5, 5.41) is 4.70. The van der Waals surface area contributed by atoms with Crippen LogP contribution in [-0.4, -0.2) is 48.9 Å². The molecule has 2 rings (SSSR count). The molecule has 0 radical (unpaired) electrons. The average molecular weight is 324 g/mol. The number of hydrogen-bond acceptors (Lipinski definition) is 5. The molecule has 22 heavy (non-hydrogen) atoms. The van der Waals surface area contributed by atoms with E-state index in [1.54, 1.807) is 11.3 Å². The van der Waals surface area contributed by atoms with Crippen LogP contribution in [0.15, 0.2) is 17.5 Å². The first kappa shape index (κ1) is 16.5. The van der Waals surface area contributed by atoms with E-state index < -0.39 is 12.0 Å². The van der Waals surface area contributed by atoms with Crippen molar-refractivity contribution in [1.29, 1.82) is 0 Å². The lowest BCUT2D eigenvalue weighted by molar-refractivity contribution is -0.150. The number of ether oxygens (including phenoxy) is 1. The van der Waals surface area contributed by atoms with Crippen LogP contribution >= 0.6 is 11.3 Å². The van der Waals surface area contributed by atoms with Gasteiger partial charge >= 0.3 is 5.97 Å². The zero-order valence-electron chi connectivity index (χ0n) is 12.5. The molecule has 0 bridgehead atoms. The topological polar surface area (TPSA) is 75.7 Å². The Hall–Kier alpha value is -1.89. The van der Waals surface area contributed by atoms with Crippen LogP contribution in [0.25, 0.3) is 0 Å². The third-order valence-electron chi connectivity index (χ3n) is 3.63. The van der Waals surface area contributed by atoms with Crippen LogP contribution in [0.1, 0.15) is 24.1 Å². The van der Waals surface area contributed by atoms with Crippen molar-refractivity contribution in [2.45, 2.75) is 31.7 Å². The summed E-state index contributed by atoms with van der Waals surface area (Å²) in [7, 11) is 1.27. The van der Waals surface area contributed by atoms with Gasteiger partial charge in [-0.3, -0.25) is 14.4 Å². The maximum atomic E-state index is 12.3. The van der Waals surface area contributed by atoms with Crippen LogP contribution in [-0.2, 0) is 25.5 Å². The summed E-state index contributed by atoms with van der Waals surface area (Å²) in [6.07, 6.45) is 1.87. The van der Waals surface area contributed by atoms with Crippen molar-refractivity contribution >= 4 is 29.1 Å². The highest BCUT2D eigenvalue weighted by atomic mass is 32.1. The first-order chi connectivity index (χ1) is 10.6. The van der Waals surface area contributed by atoms with Crippen LogP contribution in [0.2, 0.25) is 0 Å². The largest absolute Gasteiger partial charge is 0.469 e. The normalized spacial score (nSPS) is 18.0. The molecule has 7 heteroatoms. The number of hydrogen-bond donors (Lipinski definition) is 1. The summed E-state index contributed by atoms with van der Waals surface area (Å²) in [6.45, 7) is 0.860. The van der Waals surface area contributed by atoms with Crippen LogP contribution in [0.5, 0.6) is 0 Å². The lowest BCUT2D eigenvalue weighted by Gasteiger charge is -2.34. The lowest BCUT2D eigenvalue weighted by atomic mass is 10.1. The molecular weight excluding hydrogens is 304 g/mol. The van der Waals surface area contributed by atoms with Gasteiger partial charge in [0, 0.05) is 24.4 Å². The van der Waals surface area contributed by atoms with Crippen LogP contribution in [0.4, 0.5) is 0 Å². The molecule has 120 valence electrons. The van der Waals surface area contributed by atoms with Crippen LogP contribution < -0.4 is 5.32 Å². The van der Waals surface area contributed by atoms with Gasteiger partial charge in [-0.2, -0.15) is 0 Å². The SMILES string of the molecule is COC(=O)C[C@@H]1C(=O)NCCN1C(=O)CCCc1cccs1. The van der Waals surface area contributed by atoms with Crippen molar-refractivity contribution in [2.24, 2.45) is 0 Å². The quantitative estimate of drug-likeness (QED) is 0.791. The van der Waals surface area contributed by atoms with Gasteiger partial charge in [-0.1, -0.05) is 6.07 Å². The predicted molar refractivity (Wildman–Crippen MR) is 82.4 cm³/mol. The summed E-state index contributed by atoms with van der Waals surface area (Å²) >= 11 is 1.67. The molecule has 1 fully saturated rings. The second kappa shape index (κ2) is 7.93. The van der Waals surface area contributed by atoms with E-state index in [1.807, 2.05) is 17.5 Å². The Morgan fingerprint density at radius 2 is 2.32 bits per heavy atom. The highest BCUT2D eigenvalue weighted by Gasteiger charge is 2.34. The lowest BCUT2D eigenvalue weighted by Crippen LogP contribution is -2.57. The van der Waals surface area contributed by atoms with E-state index in [9.17, 15) is 14.4 Å². The first-order valence-corrected chi connectivity index (χ1v) is 8.16. The summed E-state index contributed by atoms with van der Waals surface area (Å²) < 4.78 is 4.60. The molecule has 1 aliphatic rings. The summed E-state index contributed by atoms with van der Waals surface area (Å²) in [4.78, 5) is 38.4. The van der Waals surface area contributed by atoms with E-state index in [4.69, 9.17) is 0 Å². The van der Waals surface area contributed by atoms with Gasteiger partial charge in [0.25, 0.3) is 0 Å². The smallest absolute Gasteiger partial charge is 0.308 e. The zero-order chi connectivity index (χ0) is 15.9. The fourth-order valence-corrected chi connectivity index (χ4v) is 3.22. The molecule has 6 nitrogen and oxygen atoms in total. The van der Waals surface area contributed by atoms with Crippen LogP contribution in [0.3, 0.4) is 0 Å². The number of piperazine rings is 1. The second-order valence-corrected chi connectivity index (χ2v) is 6.14. The van der Waals surface area contributed by atoms with Crippen molar-refractivity contribution in [3.63, 3.8) is 0 Å². The molecule has 0 saturated carbocycles. The Morgan fingerprint density at radius 1 is 1.50 bits per heavy atom. The van der Waals surface area contributed by atoms with Crippen molar-refractivity contribution in [1.82, 2.24) is 10.2 Å². The number of aryl methyl sites for hydroxylation is 1. The van der Waals surface area contributed by atoms with E-state index in [0.717, 1.165) is 12.8 Å². The summed E-state index contributed by atoms with van der Waals surface area (Å²) in [5.74, 6) is -0.859. The van der Waals surface area contributed by atoms with Crippen molar-refractivity contribution < 1.29 is 19.1 Å². The number of carbonyl (C=O) groups is 3. The number of esters is 1. The van der Waals surface area contributed by atoms with Gasteiger partial charge < -0.3 is 15.0 Å². The van der Waals surface area contributed by atoms with Crippen molar-refractivity contribution in [3.05, 3.63) is 22.4 Å². The molecule has 0 unspecified atom stereocenters. The van der Waals surface area contributed by atoms with E-state index in [-0.39, 0.29) is 18.2 Å². The molecule has 1 saturated heterocycles. The van der Waals surface area contributed by atoms with E-state index in [0.29, 0.717) is 19.5 Å². The second-order valence-electron chi connectivity index (χ2n) is 5.11. The number of amides is 2. The Balaban J connectivity index is 1.89. The molecule has 1 aromatic heterocycles. The Bertz CT molecular complexity index is 530. The average Bonchev–Trinajstić information content (AvgIpc) is 3.02. The van der Waals surface area contributed by atoms with E-state index >= 15 is 0 Å². The first-order valence-electron chi connectivity index (χ1n) is 7.28. The minimum Gasteiger partial charge on any atom is -0.469 e. The van der Waals surface area contributed by atoms with Crippen LogP contribution in [0, 0.1) is 0 Å². The Kier molecular flexibility index (Phi) is 5.94. The fourth-order valence-electron chi connectivity index (χ4n) is 2.47. The van der Waals surface area contributed by atoms with Gasteiger partial charge in [0.1, 0.15) is 6.04 Å². The molecule has 1 aromatic rings. The maximum absolute atomic E-state index is 12.3. The predicted octanol–water partition coefficient (Wildman–Crippen LogP) is 0.961.